The summed E-state index contributed by atoms with van der Waals surface area (Å²) in [6.07, 6.45) is 0.248. The van der Waals surface area contributed by atoms with Crippen LogP contribution in [0, 0.1) is 0 Å². The van der Waals surface area contributed by atoms with Gasteiger partial charge in [0.15, 0.2) is 5.16 Å². The Kier molecular flexibility index (Phi) is 4.28. The van der Waals surface area contributed by atoms with Gasteiger partial charge in [0, 0.05) is 19.4 Å². The van der Waals surface area contributed by atoms with Gasteiger partial charge in [-0.2, -0.15) is 4.98 Å². The van der Waals surface area contributed by atoms with Crippen molar-refractivity contribution in [2.75, 3.05) is 11.1 Å². The minimum atomic E-state index is -0.295. The van der Waals surface area contributed by atoms with Gasteiger partial charge in [-0.25, -0.2) is 0 Å². The van der Waals surface area contributed by atoms with E-state index in [1.54, 1.807) is 0 Å². The lowest BCUT2D eigenvalue weighted by Gasteiger charge is -2.28. The van der Waals surface area contributed by atoms with Crippen LogP contribution in [0.15, 0.2) is 52.4 Å². The van der Waals surface area contributed by atoms with E-state index in [0.29, 0.717) is 16.5 Å². The van der Waals surface area contributed by atoms with Gasteiger partial charge in [-0.15, -0.1) is 0 Å². The molecule has 5 nitrogen and oxygen atoms in total. The van der Waals surface area contributed by atoms with Crippen LogP contribution >= 0.6 is 11.8 Å². The second-order valence-electron chi connectivity index (χ2n) is 6.33. The number of nitrogens with one attached hydrogen (secondary N) is 1. The maximum Gasteiger partial charge on any atom is 0.279 e. The van der Waals surface area contributed by atoms with E-state index in [-0.39, 0.29) is 23.8 Å². The highest BCUT2D eigenvalue weighted by molar-refractivity contribution is 7.99. The molecule has 132 valence electrons. The van der Waals surface area contributed by atoms with Crippen molar-refractivity contribution in [3.8, 4) is 0 Å². The number of fused-ring (bicyclic) bond motifs is 2. The Morgan fingerprint density at radius 2 is 1.96 bits per heavy atom. The van der Waals surface area contributed by atoms with Gasteiger partial charge in [0.05, 0.1) is 5.56 Å². The second kappa shape index (κ2) is 6.61. The Hall–Kier alpha value is -2.60. The monoisotopic (exact) mass is 365 g/mol. The molecule has 1 atom stereocenters. The number of benzene rings is 2. The zero-order chi connectivity index (χ0) is 18.3. The van der Waals surface area contributed by atoms with E-state index >= 15 is 0 Å². The molecule has 0 bridgehead atoms. The fourth-order valence-electron chi connectivity index (χ4n) is 3.61. The third kappa shape index (κ3) is 2.70. The average molecular weight is 365 g/mol. The standard InChI is InChI=1S/C20H19N3O2S/c1-3-26-20-22-19(25)17-15(11-16(24)21-18(17)23(20)2)14-10-6-8-12-7-4-5-9-13(12)14/h4-10,15H,3,11H2,1-2H3,(H,21,24)/t15-/m1/s1. The van der Waals surface area contributed by atoms with Crippen LogP contribution in [0.25, 0.3) is 10.8 Å². The predicted octanol–water partition coefficient (Wildman–Crippen LogP) is 3.52. The van der Waals surface area contributed by atoms with Crippen molar-refractivity contribution in [2.24, 2.45) is 7.05 Å². The molecule has 6 heteroatoms. The molecule has 1 amide bonds. The minimum Gasteiger partial charge on any atom is -0.312 e. The number of thioether (sulfide) groups is 1. The van der Waals surface area contributed by atoms with Crippen molar-refractivity contribution in [1.82, 2.24) is 9.55 Å². The normalized spacial score (nSPS) is 16.4. The molecule has 1 aliphatic heterocycles. The Morgan fingerprint density at radius 3 is 2.77 bits per heavy atom. The summed E-state index contributed by atoms with van der Waals surface area (Å²) < 4.78 is 1.82. The summed E-state index contributed by atoms with van der Waals surface area (Å²) in [6, 6.07) is 14.1. The number of carbonyl (C=O) groups excluding carboxylic acids is 1. The minimum absolute atomic E-state index is 0.0796. The highest BCUT2D eigenvalue weighted by atomic mass is 32.2. The summed E-state index contributed by atoms with van der Waals surface area (Å²) in [5.74, 6) is 0.996. The van der Waals surface area contributed by atoms with E-state index in [1.807, 2.05) is 61.0 Å². The van der Waals surface area contributed by atoms with Crippen molar-refractivity contribution in [3.63, 3.8) is 0 Å². The highest BCUT2D eigenvalue weighted by Gasteiger charge is 2.32. The highest BCUT2D eigenvalue weighted by Crippen LogP contribution is 2.38. The molecule has 0 radical (unpaired) electrons. The Bertz CT molecular complexity index is 1070. The van der Waals surface area contributed by atoms with E-state index in [4.69, 9.17) is 0 Å². The van der Waals surface area contributed by atoms with E-state index in [0.717, 1.165) is 22.1 Å². The summed E-state index contributed by atoms with van der Waals surface area (Å²) >= 11 is 1.49. The Balaban J connectivity index is 1.97. The fraction of sp³-hybridized carbons (Fsp3) is 0.250. The maximum absolute atomic E-state index is 12.8. The quantitative estimate of drug-likeness (QED) is 0.570. The van der Waals surface area contributed by atoms with Gasteiger partial charge < -0.3 is 9.88 Å². The number of rotatable bonds is 3. The number of hydrogen-bond donors (Lipinski definition) is 1. The van der Waals surface area contributed by atoms with Gasteiger partial charge in [0.1, 0.15) is 5.82 Å². The molecule has 1 N–H and O–H groups in total. The molecule has 26 heavy (non-hydrogen) atoms. The number of hydrogen-bond acceptors (Lipinski definition) is 4. The lowest BCUT2D eigenvalue weighted by molar-refractivity contribution is -0.116. The van der Waals surface area contributed by atoms with Crippen LogP contribution in [0.4, 0.5) is 5.82 Å². The van der Waals surface area contributed by atoms with Crippen LogP contribution in [0.5, 0.6) is 0 Å². The first-order valence-electron chi connectivity index (χ1n) is 8.61. The molecule has 2 heterocycles. The molecule has 0 aliphatic carbocycles. The zero-order valence-electron chi connectivity index (χ0n) is 14.7. The molecule has 1 aromatic heterocycles. The summed E-state index contributed by atoms with van der Waals surface area (Å²) in [5, 5.41) is 5.67. The topological polar surface area (TPSA) is 64.0 Å². The first kappa shape index (κ1) is 16.8. The Labute approximate surface area is 155 Å². The summed E-state index contributed by atoms with van der Waals surface area (Å²) in [7, 11) is 1.84. The van der Waals surface area contributed by atoms with Gasteiger partial charge >= 0.3 is 0 Å². The van der Waals surface area contributed by atoms with E-state index in [1.165, 1.54) is 11.8 Å². The van der Waals surface area contributed by atoms with E-state index < -0.39 is 0 Å². The van der Waals surface area contributed by atoms with Crippen molar-refractivity contribution in [3.05, 3.63) is 63.9 Å². The molecule has 0 fully saturated rings. The number of aromatic nitrogens is 2. The van der Waals surface area contributed by atoms with Crippen molar-refractivity contribution >= 4 is 34.3 Å². The van der Waals surface area contributed by atoms with Crippen LogP contribution in [0.3, 0.4) is 0 Å². The van der Waals surface area contributed by atoms with Crippen LogP contribution < -0.4 is 10.9 Å². The van der Waals surface area contributed by atoms with Crippen LogP contribution in [0.1, 0.15) is 30.4 Å². The van der Waals surface area contributed by atoms with Crippen LogP contribution in [-0.4, -0.2) is 21.2 Å². The molecule has 0 saturated heterocycles. The predicted molar refractivity (Wildman–Crippen MR) is 105 cm³/mol. The maximum atomic E-state index is 12.8. The third-order valence-electron chi connectivity index (χ3n) is 4.77. The molecule has 3 aromatic rings. The molecule has 0 unspecified atom stereocenters. The number of amides is 1. The zero-order valence-corrected chi connectivity index (χ0v) is 15.5. The SMILES string of the molecule is CCSc1nc(=O)c2c(n1C)NC(=O)C[C@@H]2c1cccc2ccccc12. The van der Waals surface area contributed by atoms with Crippen molar-refractivity contribution < 1.29 is 4.79 Å². The smallest absolute Gasteiger partial charge is 0.279 e. The molecule has 2 aromatic carbocycles. The number of nitrogens with zero attached hydrogens (tertiary/aromatic N) is 2. The summed E-state index contributed by atoms with van der Waals surface area (Å²) in [6.45, 7) is 2.01. The van der Waals surface area contributed by atoms with Gasteiger partial charge in [0.2, 0.25) is 5.91 Å². The van der Waals surface area contributed by atoms with Crippen LogP contribution in [-0.2, 0) is 11.8 Å². The molecular formula is C20H19N3O2S. The van der Waals surface area contributed by atoms with E-state index in [9.17, 15) is 9.59 Å². The molecule has 4 rings (SSSR count). The number of carbonyl (C=O) groups is 1. The first-order valence-corrected chi connectivity index (χ1v) is 9.60. The molecule has 0 spiro atoms. The number of anilines is 1. The molecular weight excluding hydrogens is 346 g/mol. The van der Waals surface area contributed by atoms with Crippen molar-refractivity contribution in [2.45, 2.75) is 24.4 Å². The second-order valence-corrected chi connectivity index (χ2v) is 7.56. The summed E-state index contributed by atoms with van der Waals surface area (Å²) in [5.41, 5.74) is 1.31. The lowest BCUT2D eigenvalue weighted by atomic mass is 9.84. The van der Waals surface area contributed by atoms with Gasteiger partial charge in [-0.05, 0) is 22.1 Å². The first-order chi connectivity index (χ1) is 12.6. The van der Waals surface area contributed by atoms with Crippen molar-refractivity contribution in [1.29, 1.82) is 0 Å². The Morgan fingerprint density at radius 1 is 1.19 bits per heavy atom. The van der Waals surface area contributed by atoms with Gasteiger partial charge in [-0.3, -0.25) is 9.59 Å². The van der Waals surface area contributed by atoms with Gasteiger partial charge in [-0.1, -0.05) is 61.2 Å². The molecule has 0 saturated carbocycles. The average Bonchev–Trinajstić information content (AvgIpc) is 2.65. The van der Waals surface area contributed by atoms with Gasteiger partial charge in [0.25, 0.3) is 5.56 Å². The van der Waals surface area contributed by atoms with E-state index in [2.05, 4.69) is 10.3 Å². The summed E-state index contributed by atoms with van der Waals surface area (Å²) in [4.78, 5) is 29.5. The third-order valence-corrected chi connectivity index (χ3v) is 5.69. The van der Waals surface area contributed by atoms with Crippen LogP contribution in [0.2, 0.25) is 0 Å². The largest absolute Gasteiger partial charge is 0.312 e. The molecule has 1 aliphatic rings. The fourth-order valence-corrected chi connectivity index (χ4v) is 4.30. The lowest BCUT2D eigenvalue weighted by Crippen LogP contribution is -2.33.